The number of aliphatic hydroxyl groups excluding tert-OH is 1. The summed E-state index contributed by atoms with van der Waals surface area (Å²) >= 11 is 3.56. The molecule has 0 heterocycles. The Bertz CT molecular complexity index is 383. The predicted octanol–water partition coefficient (Wildman–Crippen LogP) is 3.88. The molecule has 0 spiro atoms. The van der Waals surface area contributed by atoms with Crippen LogP contribution in [0.5, 0.6) is 5.75 Å². The first-order valence-corrected chi connectivity index (χ1v) is 8.18. The zero-order valence-electron chi connectivity index (χ0n) is 12.5. The lowest BCUT2D eigenvalue weighted by Gasteiger charge is -2.11. The van der Waals surface area contributed by atoms with Crippen LogP contribution in [0.25, 0.3) is 0 Å². The molecule has 0 aliphatic rings. The van der Waals surface area contributed by atoms with Gasteiger partial charge in [-0.1, -0.05) is 26.3 Å². The molecule has 1 aromatic rings. The molecule has 20 heavy (non-hydrogen) atoms. The van der Waals surface area contributed by atoms with Crippen LogP contribution in [0, 0.1) is 0 Å². The molecule has 1 aromatic carbocycles. The van der Waals surface area contributed by atoms with E-state index in [2.05, 4.69) is 47.2 Å². The monoisotopic (exact) mass is 343 g/mol. The fourth-order valence-electron chi connectivity index (χ4n) is 1.84. The van der Waals surface area contributed by atoms with Crippen LogP contribution in [-0.4, -0.2) is 24.4 Å². The Morgan fingerprint density at radius 3 is 2.60 bits per heavy atom. The highest BCUT2D eigenvalue weighted by Crippen LogP contribution is 2.26. The van der Waals surface area contributed by atoms with Gasteiger partial charge in [0.25, 0.3) is 0 Å². The Kier molecular flexibility index (Phi) is 8.90. The average molecular weight is 344 g/mol. The molecule has 4 heteroatoms. The van der Waals surface area contributed by atoms with E-state index in [0.29, 0.717) is 6.04 Å². The van der Waals surface area contributed by atoms with Crippen molar-refractivity contribution >= 4 is 15.9 Å². The number of benzene rings is 1. The summed E-state index contributed by atoms with van der Waals surface area (Å²) in [7, 11) is 0. The molecule has 1 rings (SSSR count). The molecule has 2 N–H and O–H groups in total. The molecule has 3 nitrogen and oxygen atoms in total. The van der Waals surface area contributed by atoms with Crippen molar-refractivity contribution < 1.29 is 9.84 Å². The van der Waals surface area contributed by atoms with Gasteiger partial charge in [-0.15, -0.1) is 0 Å². The van der Waals surface area contributed by atoms with E-state index >= 15 is 0 Å². The lowest BCUT2D eigenvalue weighted by Crippen LogP contribution is -2.21. The summed E-state index contributed by atoms with van der Waals surface area (Å²) in [6.45, 7) is 6.18. The van der Waals surface area contributed by atoms with E-state index in [0.717, 1.165) is 49.1 Å². The number of unbranched alkanes of at least 4 members (excludes halogenated alkanes) is 3. The number of hydrogen-bond acceptors (Lipinski definition) is 3. The normalized spacial score (nSPS) is 11.1. The molecular formula is C16H26BrNO2. The number of halogens is 1. The van der Waals surface area contributed by atoms with Gasteiger partial charge in [0, 0.05) is 19.2 Å². The third kappa shape index (κ3) is 7.27. The van der Waals surface area contributed by atoms with Gasteiger partial charge in [-0.2, -0.15) is 0 Å². The van der Waals surface area contributed by atoms with Gasteiger partial charge in [0.1, 0.15) is 5.75 Å². The van der Waals surface area contributed by atoms with E-state index in [-0.39, 0.29) is 6.61 Å². The maximum Gasteiger partial charge on any atom is 0.133 e. The minimum Gasteiger partial charge on any atom is -0.492 e. The maximum atomic E-state index is 8.70. The van der Waals surface area contributed by atoms with E-state index in [1.54, 1.807) is 0 Å². The number of ether oxygens (including phenoxy) is 1. The topological polar surface area (TPSA) is 41.5 Å². The minimum atomic E-state index is 0.290. The molecule has 0 aromatic heterocycles. The summed E-state index contributed by atoms with van der Waals surface area (Å²) in [5.74, 6) is 0.903. The molecule has 0 aliphatic carbocycles. The predicted molar refractivity (Wildman–Crippen MR) is 87.2 cm³/mol. The first-order valence-electron chi connectivity index (χ1n) is 7.39. The average Bonchev–Trinajstić information content (AvgIpc) is 2.42. The standard InChI is InChI=1S/C16H26BrNO2/c1-13(2)18-12-14-7-8-16(15(17)11-14)20-10-6-4-3-5-9-19/h7-8,11,13,18-19H,3-6,9-10,12H2,1-2H3. The number of nitrogens with one attached hydrogen (secondary N) is 1. The first kappa shape index (κ1) is 17.5. The second-order valence-electron chi connectivity index (χ2n) is 5.29. The summed E-state index contributed by atoms with van der Waals surface area (Å²) in [6.07, 6.45) is 4.10. The smallest absolute Gasteiger partial charge is 0.133 e. The van der Waals surface area contributed by atoms with Crippen molar-refractivity contribution in [3.8, 4) is 5.75 Å². The summed E-state index contributed by atoms with van der Waals surface area (Å²) in [6, 6.07) is 6.72. The molecule has 0 atom stereocenters. The quantitative estimate of drug-likeness (QED) is 0.633. The molecule has 0 radical (unpaired) electrons. The van der Waals surface area contributed by atoms with Crippen molar-refractivity contribution in [2.45, 2.75) is 52.1 Å². The fourth-order valence-corrected chi connectivity index (χ4v) is 2.38. The highest BCUT2D eigenvalue weighted by molar-refractivity contribution is 9.10. The number of hydrogen-bond donors (Lipinski definition) is 2. The fraction of sp³-hybridized carbons (Fsp3) is 0.625. The van der Waals surface area contributed by atoms with Gasteiger partial charge >= 0.3 is 0 Å². The number of aliphatic hydroxyl groups is 1. The Morgan fingerprint density at radius 2 is 1.95 bits per heavy atom. The van der Waals surface area contributed by atoms with E-state index in [1.807, 2.05) is 6.07 Å². The second-order valence-corrected chi connectivity index (χ2v) is 6.14. The van der Waals surface area contributed by atoms with Crippen molar-refractivity contribution in [1.29, 1.82) is 0 Å². The molecule has 0 amide bonds. The van der Waals surface area contributed by atoms with E-state index in [1.165, 1.54) is 5.56 Å². The highest BCUT2D eigenvalue weighted by Gasteiger charge is 2.03. The third-order valence-corrected chi connectivity index (χ3v) is 3.64. The lowest BCUT2D eigenvalue weighted by molar-refractivity contribution is 0.273. The first-order chi connectivity index (χ1) is 9.63. The van der Waals surface area contributed by atoms with Crippen LogP contribution < -0.4 is 10.1 Å². The Morgan fingerprint density at radius 1 is 1.20 bits per heavy atom. The zero-order chi connectivity index (χ0) is 14.8. The van der Waals surface area contributed by atoms with E-state index in [4.69, 9.17) is 9.84 Å². The van der Waals surface area contributed by atoms with Gasteiger partial charge < -0.3 is 15.2 Å². The van der Waals surface area contributed by atoms with Crippen molar-refractivity contribution in [3.05, 3.63) is 28.2 Å². The van der Waals surface area contributed by atoms with Crippen molar-refractivity contribution in [1.82, 2.24) is 5.32 Å². The van der Waals surface area contributed by atoms with Crippen LogP contribution in [0.2, 0.25) is 0 Å². The minimum absolute atomic E-state index is 0.290. The SMILES string of the molecule is CC(C)NCc1ccc(OCCCCCCO)c(Br)c1. The van der Waals surface area contributed by atoms with Crippen LogP contribution in [0.4, 0.5) is 0 Å². The third-order valence-electron chi connectivity index (χ3n) is 3.02. The summed E-state index contributed by atoms with van der Waals surface area (Å²) in [5, 5.41) is 12.1. The van der Waals surface area contributed by atoms with Gasteiger partial charge in [0.05, 0.1) is 11.1 Å². The van der Waals surface area contributed by atoms with Crippen LogP contribution in [0.3, 0.4) is 0 Å². The molecular weight excluding hydrogens is 318 g/mol. The van der Waals surface area contributed by atoms with Gasteiger partial charge in [-0.05, 0) is 52.9 Å². The Labute approximate surface area is 130 Å². The largest absolute Gasteiger partial charge is 0.492 e. The van der Waals surface area contributed by atoms with Crippen molar-refractivity contribution in [2.75, 3.05) is 13.2 Å². The second kappa shape index (κ2) is 10.2. The molecule has 0 bridgehead atoms. The summed E-state index contributed by atoms with van der Waals surface area (Å²) in [4.78, 5) is 0. The van der Waals surface area contributed by atoms with Gasteiger partial charge in [-0.3, -0.25) is 0 Å². The van der Waals surface area contributed by atoms with Gasteiger partial charge in [0.2, 0.25) is 0 Å². The molecule has 0 unspecified atom stereocenters. The molecule has 114 valence electrons. The molecule has 0 saturated heterocycles. The highest BCUT2D eigenvalue weighted by atomic mass is 79.9. The van der Waals surface area contributed by atoms with Crippen LogP contribution in [0.15, 0.2) is 22.7 Å². The summed E-state index contributed by atoms with van der Waals surface area (Å²) < 4.78 is 6.78. The van der Waals surface area contributed by atoms with E-state index in [9.17, 15) is 0 Å². The van der Waals surface area contributed by atoms with E-state index < -0.39 is 0 Å². The van der Waals surface area contributed by atoms with Crippen LogP contribution in [0.1, 0.15) is 45.1 Å². The van der Waals surface area contributed by atoms with Crippen LogP contribution in [-0.2, 0) is 6.54 Å². The number of rotatable bonds is 10. The van der Waals surface area contributed by atoms with Crippen molar-refractivity contribution in [2.24, 2.45) is 0 Å². The zero-order valence-corrected chi connectivity index (χ0v) is 14.1. The Hall–Kier alpha value is -0.580. The lowest BCUT2D eigenvalue weighted by atomic mass is 10.2. The van der Waals surface area contributed by atoms with Crippen LogP contribution >= 0.6 is 15.9 Å². The molecule has 0 aliphatic heterocycles. The maximum absolute atomic E-state index is 8.70. The molecule has 0 saturated carbocycles. The van der Waals surface area contributed by atoms with Gasteiger partial charge in [-0.25, -0.2) is 0 Å². The van der Waals surface area contributed by atoms with Crippen molar-refractivity contribution in [3.63, 3.8) is 0 Å². The molecule has 0 fully saturated rings. The summed E-state index contributed by atoms with van der Waals surface area (Å²) in [5.41, 5.74) is 1.25. The van der Waals surface area contributed by atoms with Gasteiger partial charge in [0.15, 0.2) is 0 Å². The Balaban J connectivity index is 2.32.